The average molecular weight is 255 g/mol. The van der Waals surface area contributed by atoms with Crippen LogP contribution in [0.5, 0.6) is 0 Å². The van der Waals surface area contributed by atoms with E-state index < -0.39 is 5.97 Å². The molecule has 2 aliphatic heterocycles. The van der Waals surface area contributed by atoms with Crippen molar-refractivity contribution in [3.63, 3.8) is 0 Å². The molecule has 2 atom stereocenters. The van der Waals surface area contributed by atoms with Crippen molar-refractivity contribution in [2.45, 2.75) is 32.0 Å². The highest BCUT2D eigenvalue weighted by Crippen LogP contribution is 2.16. The standard InChI is InChI=1S/C13H21NO4/c1-10(13(15)16)4-2-3-5-14(6-11-8-17-11)7-12-9-18-12/h4,11-12H,2-3,5-9H2,1H3,(H,15,16). The van der Waals surface area contributed by atoms with Crippen LogP contribution >= 0.6 is 0 Å². The first-order valence-electron chi connectivity index (χ1n) is 6.51. The summed E-state index contributed by atoms with van der Waals surface area (Å²) in [6.45, 7) is 6.31. The van der Waals surface area contributed by atoms with Crippen molar-refractivity contribution in [2.75, 3.05) is 32.8 Å². The van der Waals surface area contributed by atoms with Crippen molar-refractivity contribution in [3.05, 3.63) is 11.6 Å². The minimum Gasteiger partial charge on any atom is -0.478 e. The molecule has 0 spiro atoms. The Morgan fingerprint density at radius 2 is 1.89 bits per heavy atom. The summed E-state index contributed by atoms with van der Waals surface area (Å²) in [5, 5.41) is 8.73. The summed E-state index contributed by atoms with van der Waals surface area (Å²) in [6, 6.07) is 0. The van der Waals surface area contributed by atoms with E-state index in [1.54, 1.807) is 13.0 Å². The molecule has 0 aromatic heterocycles. The van der Waals surface area contributed by atoms with Crippen LogP contribution in [0.4, 0.5) is 0 Å². The van der Waals surface area contributed by atoms with Crippen LogP contribution in [-0.2, 0) is 14.3 Å². The fraction of sp³-hybridized carbons (Fsp3) is 0.769. The molecule has 2 saturated heterocycles. The molecule has 0 aromatic carbocycles. The van der Waals surface area contributed by atoms with Crippen LogP contribution in [0.1, 0.15) is 19.8 Å². The monoisotopic (exact) mass is 255 g/mol. The maximum atomic E-state index is 10.6. The van der Waals surface area contributed by atoms with Gasteiger partial charge in [-0.15, -0.1) is 0 Å². The SMILES string of the molecule is CC(=CCCCN(CC1CO1)CC1CO1)C(=O)O. The van der Waals surface area contributed by atoms with E-state index in [9.17, 15) is 4.79 Å². The molecule has 2 rings (SSSR count). The molecule has 0 amide bonds. The Kier molecular flexibility index (Phi) is 4.74. The minimum atomic E-state index is -0.829. The number of carboxylic acid groups (broad SMARTS) is 1. The maximum Gasteiger partial charge on any atom is 0.330 e. The molecule has 2 fully saturated rings. The third kappa shape index (κ3) is 5.16. The molecule has 102 valence electrons. The molecule has 18 heavy (non-hydrogen) atoms. The molecule has 0 bridgehead atoms. The van der Waals surface area contributed by atoms with Gasteiger partial charge in [-0.1, -0.05) is 6.08 Å². The zero-order valence-corrected chi connectivity index (χ0v) is 10.8. The number of rotatable bonds is 9. The first-order valence-corrected chi connectivity index (χ1v) is 6.51. The lowest BCUT2D eigenvalue weighted by Gasteiger charge is -2.19. The number of ether oxygens (including phenoxy) is 2. The van der Waals surface area contributed by atoms with Crippen LogP contribution in [0, 0.1) is 0 Å². The molecular formula is C13H21NO4. The lowest BCUT2D eigenvalue weighted by molar-refractivity contribution is -0.132. The third-order valence-corrected chi connectivity index (χ3v) is 3.19. The largest absolute Gasteiger partial charge is 0.478 e. The molecule has 0 aliphatic carbocycles. The Bertz CT molecular complexity index is 307. The van der Waals surface area contributed by atoms with E-state index in [1.165, 1.54) is 0 Å². The number of epoxide rings is 2. The number of hydrogen-bond donors (Lipinski definition) is 1. The minimum absolute atomic E-state index is 0.403. The second kappa shape index (κ2) is 6.31. The fourth-order valence-corrected chi connectivity index (χ4v) is 1.90. The molecule has 0 saturated carbocycles. The topological polar surface area (TPSA) is 65.6 Å². The van der Waals surface area contributed by atoms with E-state index >= 15 is 0 Å². The van der Waals surface area contributed by atoms with E-state index in [-0.39, 0.29) is 0 Å². The number of carboxylic acids is 1. The summed E-state index contributed by atoms with van der Waals surface area (Å²) in [5.41, 5.74) is 0.428. The van der Waals surface area contributed by atoms with Gasteiger partial charge in [0.1, 0.15) is 0 Å². The third-order valence-electron chi connectivity index (χ3n) is 3.19. The number of unbranched alkanes of at least 4 members (excludes halogenated alkanes) is 1. The average Bonchev–Trinajstić information content (AvgIpc) is 3.19. The Morgan fingerprint density at radius 1 is 1.33 bits per heavy atom. The van der Waals surface area contributed by atoms with Gasteiger partial charge in [0.05, 0.1) is 25.4 Å². The summed E-state index contributed by atoms with van der Waals surface area (Å²) < 4.78 is 10.5. The maximum absolute atomic E-state index is 10.6. The predicted molar refractivity (Wildman–Crippen MR) is 66.5 cm³/mol. The molecule has 0 aromatic rings. The molecule has 5 nitrogen and oxygen atoms in total. The summed E-state index contributed by atoms with van der Waals surface area (Å²) in [6.07, 6.45) is 4.39. The first kappa shape index (κ1) is 13.5. The van der Waals surface area contributed by atoms with E-state index in [0.717, 1.165) is 45.7 Å². The quantitative estimate of drug-likeness (QED) is 0.377. The van der Waals surface area contributed by atoms with Crippen LogP contribution in [0.25, 0.3) is 0 Å². The fourth-order valence-electron chi connectivity index (χ4n) is 1.90. The van der Waals surface area contributed by atoms with Gasteiger partial charge in [0.25, 0.3) is 0 Å². The van der Waals surface area contributed by atoms with Gasteiger partial charge in [0.15, 0.2) is 0 Å². The van der Waals surface area contributed by atoms with E-state index in [0.29, 0.717) is 17.8 Å². The van der Waals surface area contributed by atoms with Gasteiger partial charge >= 0.3 is 5.97 Å². The van der Waals surface area contributed by atoms with Gasteiger partial charge in [-0.05, 0) is 26.3 Å². The molecule has 5 heteroatoms. The van der Waals surface area contributed by atoms with Gasteiger partial charge < -0.3 is 14.6 Å². The van der Waals surface area contributed by atoms with Crippen molar-refractivity contribution < 1.29 is 19.4 Å². The Morgan fingerprint density at radius 3 is 2.33 bits per heavy atom. The van der Waals surface area contributed by atoms with Crippen LogP contribution < -0.4 is 0 Å². The van der Waals surface area contributed by atoms with E-state index in [2.05, 4.69) is 4.90 Å². The van der Waals surface area contributed by atoms with Gasteiger partial charge in [0, 0.05) is 18.7 Å². The molecule has 2 aliphatic rings. The zero-order chi connectivity index (χ0) is 13.0. The van der Waals surface area contributed by atoms with Crippen LogP contribution in [0.2, 0.25) is 0 Å². The highest BCUT2D eigenvalue weighted by Gasteiger charge is 2.30. The van der Waals surface area contributed by atoms with Crippen LogP contribution in [0.3, 0.4) is 0 Å². The van der Waals surface area contributed by atoms with Crippen molar-refractivity contribution >= 4 is 5.97 Å². The highest BCUT2D eigenvalue weighted by molar-refractivity contribution is 5.85. The lowest BCUT2D eigenvalue weighted by Crippen LogP contribution is -2.32. The molecule has 2 unspecified atom stereocenters. The van der Waals surface area contributed by atoms with Crippen molar-refractivity contribution in [1.29, 1.82) is 0 Å². The molecule has 2 heterocycles. The van der Waals surface area contributed by atoms with Gasteiger partial charge in [-0.25, -0.2) is 4.79 Å². The number of nitrogens with zero attached hydrogens (tertiary/aromatic N) is 1. The lowest BCUT2D eigenvalue weighted by atomic mass is 10.2. The second-order valence-corrected chi connectivity index (χ2v) is 5.00. The number of carbonyl (C=O) groups is 1. The van der Waals surface area contributed by atoms with Crippen molar-refractivity contribution in [3.8, 4) is 0 Å². The number of aliphatic carboxylic acids is 1. The Balaban J connectivity index is 1.64. The highest BCUT2D eigenvalue weighted by atomic mass is 16.6. The summed E-state index contributed by atoms with van der Waals surface area (Å²) in [7, 11) is 0. The zero-order valence-electron chi connectivity index (χ0n) is 10.8. The molecule has 0 radical (unpaired) electrons. The Labute approximate surface area is 107 Å². The van der Waals surface area contributed by atoms with E-state index in [1.807, 2.05) is 0 Å². The normalized spacial score (nSPS) is 26.4. The predicted octanol–water partition coefficient (Wildman–Crippen LogP) is 0.897. The van der Waals surface area contributed by atoms with Gasteiger partial charge in [0.2, 0.25) is 0 Å². The summed E-state index contributed by atoms with van der Waals surface area (Å²) in [4.78, 5) is 13.0. The number of hydrogen-bond acceptors (Lipinski definition) is 4. The number of allylic oxidation sites excluding steroid dienone is 1. The van der Waals surface area contributed by atoms with Crippen molar-refractivity contribution in [1.82, 2.24) is 4.90 Å². The molecular weight excluding hydrogens is 234 g/mol. The first-order chi connectivity index (χ1) is 8.65. The van der Waals surface area contributed by atoms with Gasteiger partial charge in [-0.2, -0.15) is 0 Å². The van der Waals surface area contributed by atoms with Crippen LogP contribution in [0.15, 0.2) is 11.6 Å². The van der Waals surface area contributed by atoms with Crippen molar-refractivity contribution in [2.24, 2.45) is 0 Å². The summed E-state index contributed by atoms with van der Waals surface area (Å²) in [5.74, 6) is -0.829. The second-order valence-electron chi connectivity index (χ2n) is 5.00. The Hall–Kier alpha value is -0.910. The smallest absolute Gasteiger partial charge is 0.330 e. The van der Waals surface area contributed by atoms with Crippen LogP contribution in [-0.4, -0.2) is 61.0 Å². The van der Waals surface area contributed by atoms with Gasteiger partial charge in [-0.3, -0.25) is 4.90 Å². The van der Waals surface area contributed by atoms with E-state index in [4.69, 9.17) is 14.6 Å². The summed E-state index contributed by atoms with van der Waals surface area (Å²) >= 11 is 0. The molecule has 1 N–H and O–H groups in total.